The van der Waals surface area contributed by atoms with Gasteiger partial charge in [0.25, 0.3) is 0 Å². The van der Waals surface area contributed by atoms with Crippen LogP contribution >= 0.6 is 11.3 Å². The van der Waals surface area contributed by atoms with Crippen LogP contribution in [0.4, 0.5) is 16.2 Å². The Morgan fingerprint density at radius 3 is 2.21 bits per heavy atom. The van der Waals surface area contributed by atoms with Crippen LogP contribution in [0.3, 0.4) is 0 Å². The Kier molecular flexibility index (Phi) is 12.9. The van der Waals surface area contributed by atoms with E-state index < -0.39 is 12.4 Å². The Morgan fingerprint density at radius 2 is 1.53 bits per heavy atom. The summed E-state index contributed by atoms with van der Waals surface area (Å²) in [5.41, 5.74) is 1.36. The maximum atomic E-state index is 13.9. The number of aryl methyl sites for hydroxylation is 1. The van der Waals surface area contributed by atoms with E-state index in [2.05, 4.69) is 36.8 Å². The second-order valence-corrected chi connectivity index (χ2v) is 13.1. The zero-order chi connectivity index (χ0) is 30.6. The largest absolute Gasteiger partial charge is 0.425 e. The van der Waals surface area contributed by atoms with Gasteiger partial charge in [0.05, 0.1) is 16.6 Å². The zero-order valence-corrected chi connectivity index (χ0v) is 27.4. The smallest absolute Gasteiger partial charge is 0.423 e. The minimum atomic E-state index is -1.00. The Bertz CT molecular complexity index is 1320. The molecule has 1 saturated heterocycles. The van der Waals surface area contributed by atoms with E-state index in [0.29, 0.717) is 17.8 Å². The zero-order valence-electron chi connectivity index (χ0n) is 26.6. The van der Waals surface area contributed by atoms with E-state index in [1.165, 1.54) is 51.4 Å². The first-order valence-electron chi connectivity index (χ1n) is 16.3. The minimum absolute atomic E-state index is 0.332. The summed E-state index contributed by atoms with van der Waals surface area (Å²) < 4.78 is 12.2. The van der Waals surface area contributed by atoms with Crippen LogP contribution in [-0.4, -0.2) is 61.4 Å². The number of unbranched alkanes of at least 4 members (excludes halogenated alkanes) is 10. The highest BCUT2D eigenvalue weighted by Gasteiger charge is 2.33. The lowest BCUT2D eigenvalue weighted by Gasteiger charge is -2.39. The van der Waals surface area contributed by atoms with Crippen LogP contribution in [0, 0.1) is 6.92 Å². The average Bonchev–Trinajstić information content (AvgIpc) is 3.28. The van der Waals surface area contributed by atoms with E-state index in [4.69, 9.17) is 14.5 Å². The third-order valence-electron chi connectivity index (χ3n) is 8.17. The van der Waals surface area contributed by atoms with Gasteiger partial charge < -0.3 is 19.3 Å². The molecular weight excluding hydrogens is 560 g/mol. The topological polar surface area (TPSA) is 74.7 Å². The van der Waals surface area contributed by atoms with E-state index in [1.807, 2.05) is 24.3 Å². The van der Waals surface area contributed by atoms with Gasteiger partial charge in [-0.05, 0) is 38.6 Å². The van der Waals surface area contributed by atoms with Crippen LogP contribution in [-0.2, 0) is 14.3 Å². The number of ether oxygens (including phenoxy) is 2. The fourth-order valence-corrected chi connectivity index (χ4v) is 6.63. The molecule has 9 heteroatoms. The summed E-state index contributed by atoms with van der Waals surface area (Å²) >= 11 is 1.62. The van der Waals surface area contributed by atoms with Gasteiger partial charge in [-0.15, -0.1) is 11.3 Å². The van der Waals surface area contributed by atoms with Crippen molar-refractivity contribution in [1.82, 2.24) is 9.80 Å². The number of piperazine rings is 1. The van der Waals surface area contributed by atoms with Gasteiger partial charge in [0.2, 0.25) is 6.29 Å². The lowest BCUT2D eigenvalue weighted by molar-refractivity contribution is -0.164. The summed E-state index contributed by atoms with van der Waals surface area (Å²) in [6.45, 7) is 9.24. The normalized spacial score (nSPS) is 15.8. The van der Waals surface area contributed by atoms with E-state index >= 15 is 0 Å². The molecule has 1 atom stereocenters. The standard InChI is InChI=1S/C34H50N4O4S/c1-5-6-7-8-9-10-11-12-13-14-15-20-31(39)41-27(3)42-34(40)38-30-19-17-16-18-29(30)35-32-28(25-26(2)43-32)33(38)37-23-21-36(4)22-24-37/h16-19,25,27H,5-15,20-24H2,1-4H3. The van der Waals surface area contributed by atoms with Crippen molar-refractivity contribution in [2.75, 3.05) is 38.1 Å². The number of carbonyl (C=O) groups excluding carboxylic acids is 2. The Balaban J connectivity index is 1.35. The van der Waals surface area contributed by atoms with Crippen LogP contribution < -0.4 is 14.8 Å². The number of hydrogen-bond acceptors (Lipinski definition) is 8. The number of amides is 1. The van der Waals surface area contributed by atoms with Gasteiger partial charge in [0, 0.05) is 44.4 Å². The maximum Gasteiger partial charge on any atom is 0.423 e. The third-order valence-corrected chi connectivity index (χ3v) is 9.11. The molecule has 0 aliphatic carbocycles. The van der Waals surface area contributed by atoms with Gasteiger partial charge in [-0.25, -0.2) is 14.7 Å². The first-order valence-corrected chi connectivity index (χ1v) is 17.1. The second-order valence-electron chi connectivity index (χ2n) is 11.9. The predicted molar refractivity (Wildman–Crippen MR) is 174 cm³/mol. The SMILES string of the molecule is CCCCCCCCCCCCCC(=O)OC(C)OC(=O)N1C(N2CCN(C)CC2)=c2cc(C)sc2=Nc2ccccc21. The van der Waals surface area contributed by atoms with Gasteiger partial charge in [0.1, 0.15) is 10.5 Å². The highest BCUT2D eigenvalue weighted by molar-refractivity contribution is 7.09. The van der Waals surface area contributed by atoms with Crippen LogP contribution in [0.25, 0.3) is 5.82 Å². The highest BCUT2D eigenvalue weighted by atomic mass is 32.1. The number of anilines is 1. The predicted octanol–water partition coefficient (Wildman–Crippen LogP) is 6.87. The highest BCUT2D eigenvalue weighted by Crippen LogP contribution is 2.34. The van der Waals surface area contributed by atoms with Crippen molar-refractivity contribution in [3.63, 3.8) is 0 Å². The van der Waals surface area contributed by atoms with E-state index in [0.717, 1.165) is 66.0 Å². The molecule has 0 spiro atoms. The summed E-state index contributed by atoms with van der Waals surface area (Å²) in [6, 6.07) is 9.73. The summed E-state index contributed by atoms with van der Waals surface area (Å²) in [5.74, 6) is 0.437. The van der Waals surface area contributed by atoms with Crippen LogP contribution in [0.15, 0.2) is 35.3 Å². The number of carbonyl (C=O) groups is 2. The molecule has 236 valence electrons. The van der Waals surface area contributed by atoms with Crippen molar-refractivity contribution >= 4 is 40.6 Å². The van der Waals surface area contributed by atoms with Crippen molar-refractivity contribution in [3.05, 3.63) is 45.1 Å². The molecule has 1 aromatic heterocycles. The van der Waals surface area contributed by atoms with Gasteiger partial charge in [-0.2, -0.15) is 0 Å². The Hall–Kier alpha value is -2.91. The van der Waals surface area contributed by atoms with Gasteiger partial charge in [-0.1, -0.05) is 83.3 Å². The van der Waals surface area contributed by atoms with Crippen LogP contribution in [0.1, 0.15) is 95.8 Å². The monoisotopic (exact) mass is 610 g/mol. The fourth-order valence-electron chi connectivity index (χ4n) is 5.75. The van der Waals surface area contributed by atoms with Crippen molar-refractivity contribution in [2.24, 2.45) is 4.99 Å². The molecule has 2 aromatic rings. The molecule has 0 N–H and O–H groups in total. The number of fused-ring (bicyclic) bond motifs is 2. The number of rotatable bonds is 15. The van der Waals surface area contributed by atoms with Crippen molar-refractivity contribution < 1.29 is 19.1 Å². The molecule has 3 heterocycles. The molecule has 1 aromatic carbocycles. The maximum absolute atomic E-state index is 13.9. The molecule has 8 nitrogen and oxygen atoms in total. The second kappa shape index (κ2) is 16.8. The summed E-state index contributed by atoms with van der Waals surface area (Å²) in [4.78, 5) is 38.7. The number of likely N-dealkylation sites (N-methyl/N-ethyl adjacent to an activating group) is 1. The molecule has 2 aliphatic rings. The lowest BCUT2D eigenvalue weighted by Crippen LogP contribution is -2.51. The van der Waals surface area contributed by atoms with E-state index in [1.54, 1.807) is 23.2 Å². The Labute approximate surface area is 261 Å². The molecule has 4 rings (SSSR count). The molecule has 1 amide bonds. The molecule has 43 heavy (non-hydrogen) atoms. The molecule has 0 saturated carbocycles. The number of nitrogens with zero attached hydrogens (tertiary/aromatic N) is 4. The number of para-hydroxylation sites is 2. The van der Waals surface area contributed by atoms with Crippen molar-refractivity contribution in [1.29, 1.82) is 0 Å². The average molecular weight is 611 g/mol. The van der Waals surface area contributed by atoms with Gasteiger partial charge in [-0.3, -0.25) is 4.79 Å². The number of benzene rings is 1. The summed E-state index contributed by atoms with van der Waals surface area (Å²) in [5, 5.41) is 0.918. The first kappa shape index (κ1) is 33.0. The third kappa shape index (κ3) is 9.54. The summed E-state index contributed by atoms with van der Waals surface area (Å²) in [7, 11) is 2.11. The number of hydrogen-bond donors (Lipinski definition) is 0. The summed E-state index contributed by atoms with van der Waals surface area (Å²) in [6.07, 6.45) is 12.2. The molecule has 1 unspecified atom stereocenters. The molecule has 2 aliphatic heterocycles. The number of esters is 1. The quantitative estimate of drug-likeness (QED) is 0.125. The van der Waals surface area contributed by atoms with Crippen molar-refractivity contribution in [3.8, 4) is 0 Å². The van der Waals surface area contributed by atoms with Gasteiger partial charge in [0.15, 0.2) is 0 Å². The van der Waals surface area contributed by atoms with E-state index in [9.17, 15) is 9.59 Å². The van der Waals surface area contributed by atoms with E-state index in [-0.39, 0.29) is 5.97 Å². The molecule has 0 radical (unpaired) electrons. The molecule has 0 bridgehead atoms. The Morgan fingerprint density at radius 1 is 0.907 bits per heavy atom. The lowest BCUT2D eigenvalue weighted by atomic mass is 10.1. The fraction of sp³-hybridized carbons (Fsp3) is 0.618. The van der Waals surface area contributed by atoms with Crippen LogP contribution in [0.2, 0.25) is 0 Å². The minimum Gasteiger partial charge on any atom is -0.425 e. The first-order chi connectivity index (χ1) is 20.9. The molecule has 1 fully saturated rings. The number of thiophene rings is 1. The van der Waals surface area contributed by atoms with Crippen molar-refractivity contribution in [2.45, 2.75) is 104 Å². The van der Waals surface area contributed by atoms with Crippen LogP contribution in [0.5, 0.6) is 0 Å². The molecular formula is C34H50N4O4S. The van der Waals surface area contributed by atoms with Gasteiger partial charge >= 0.3 is 12.1 Å².